The number of hydrogen-bond acceptors (Lipinski definition) is 8. The number of carbonyl (C=O) groups is 1. The Morgan fingerprint density at radius 3 is 2.44 bits per heavy atom. The molecule has 0 bridgehead atoms. The first-order valence-corrected chi connectivity index (χ1v) is 12.8. The molecule has 0 unspecified atom stereocenters. The highest BCUT2D eigenvalue weighted by Crippen LogP contribution is 2.37. The maximum Gasteiger partial charge on any atom is 0.283 e. The lowest BCUT2D eigenvalue weighted by Crippen LogP contribution is -2.45. The third-order valence-corrected chi connectivity index (χ3v) is 7.34. The summed E-state index contributed by atoms with van der Waals surface area (Å²) in [6.07, 6.45) is 2.51. The topological polar surface area (TPSA) is 126 Å². The van der Waals surface area contributed by atoms with Gasteiger partial charge >= 0.3 is 0 Å². The molecule has 0 aliphatic carbocycles. The van der Waals surface area contributed by atoms with E-state index in [1.807, 2.05) is 24.5 Å². The molecule has 10 nitrogen and oxygen atoms in total. The van der Waals surface area contributed by atoms with Crippen molar-refractivity contribution in [2.75, 3.05) is 20.5 Å². The van der Waals surface area contributed by atoms with Gasteiger partial charge in [0.2, 0.25) is 20.2 Å². The fourth-order valence-electron chi connectivity index (χ4n) is 3.72. The molecule has 0 saturated heterocycles. The maximum atomic E-state index is 12.7. The summed E-state index contributed by atoms with van der Waals surface area (Å²) in [6.45, 7) is 3.72. The number of amidine groups is 3. The summed E-state index contributed by atoms with van der Waals surface area (Å²) < 4.78 is 40.8. The smallest absolute Gasteiger partial charge is 0.283 e. The molecule has 2 aliphatic heterocycles. The van der Waals surface area contributed by atoms with Crippen LogP contribution in [0.2, 0.25) is 5.02 Å². The molecule has 34 heavy (non-hydrogen) atoms. The molecule has 0 spiro atoms. The highest BCUT2D eigenvalue weighted by Gasteiger charge is 2.41. The van der Waals surface area contributed by atoms with E-state index < -0.39 is 15.7 Å². The molecule has 1 aromatic carbocycles. The first-order chi connectivity index (χ1) is 16.0. The number of fused-ring (bicyclic) bond motifs is 1. The quantitative estimate of drug-likeness (QED) is 0.482. The van der Waals surface area contributed by atoms with Gasteiger partial charge in [-0.2, -0.15) is 9.39 Å². The molecule has 0 fully saturated rings. The van der Waals surface area contributed by atoms with Crippen LogP contribution in [-0.4, -0.2) is 60.4 Å². The molecule has 0 saturated carbocycles. The fourth-order valence-corrected chi connectivity index (χ4v) is 5.80. The highest BCUT2D eigenvalue weighted by atomic mass is 35.5. The van der Waals surface area contributed by atoms with Crippen LogP contribution < -0.4 is 9.47 Å². The zero-order chi connectivity index (χ0) is 24.9. The third-order valence-electron chi connectivity index (χ3n) is 5.29. The van der Waals surface area contributed by atoms with E-state index in [-0.39, 0.29) is 21.7 Å². The van der Waals surface area contributed by atoms with Crippen LogP contribution in [-0.2, 0) is 14.6 Å². The van der Waals surface area contributed by atoms with E-state index in [0.717, 1.165) is 34.5 Å². The first kappa shape index (κ1) is 24.0. The zero-order valence-electron chi connectivity index (χ0n) is 18.8. The van der Waals surface area contributed by atoms with Crippen LogP contribution in [0.1, 0.15) is 17.0 Å². The summed E-state index contributed by atoms with van der Waals surface area (Å²) in [7, 11) is -0.679. The van der Waals surface area contributed by atoms with E-state index in [2.05, 4.69) is 9.39 Å². The van der Waals surface area contributed by atoms with Gasteiger partial charge in [-0.15, -0.1) is 0 Å². The Morgan fingerprint density at radius 2 is 1.82 bits per heavy atom. The number of halogens is 1. The molecule has 178 valence electrons. The monoisotopic (exact) mass is 521 g/mol. The number of rotatable bonds is 4. The SMILES string of the molecule is COc1cc(OC)c(-n2c(C)cc(/C=C3/C(=N)N4C(=NC3=O)SN=C4S(C)(=O)=O)c2C)cc1Cl. The molecular formula is C21H20ClN5O5S2. The van der Waals surface area contributed by atoms with Crippen LogP contribution in [0.5, 0.6) is 11.5 Å². The maximum absolute atomic E-state index is 12.7. The number of sulfone groups is 1. The van der Waals surface area contributed by atoms with Crippen molar-refractivity contribution in [3.05, 3.63) is 45.7 Å². The number of aromatic nitrogens is 1. The summed E-state index contributed by atoms with van der Waals surface area (Å²) >= 11 is 7.10. The standard InChI is InChI=1S/C21H20ClN5O5S2/c1-10-6-12(11(2)26(10)15-8-14(22)16(31-3)9-17(15)32-4)7-13-18(23)27-20(24-19(13)28)33-25-21(27)34(5,29)30/h6-9,23H,1-5H3/b13-7-,23-18?. The van der Waals surface area contributed by atoms with Gasteiger partial charge in [-0.3, -0.25) is 10.2 Å². The van der Waals surface area contributed by atoms with Crippen LogP contribution in [0.3, 0.4) is 0 Å². The Hall–Kier alpha value is -3.09. The number of nitrogens with one attached hydrogen (secondary N) is 1. The lowest BCUT2D eigenvalue weighted by molar-refractivity contribution is -0.114. The summed E-state index contributed by atoms with van der Waals surface area (Å²) in [5, 5.41) is 8.64. The number of amides is 1. The fraction of sp³-hybridized carbons (Fsp3) is 0.238. The molecule has 0 atom stereocenters. The predicted octanol–water partition coefficient (Wildman–Crippen LogP) is 3.39. The third kappa shape index (κ3) is 3.91. The predicted molar refractivity (Wildman–Crippen MR) is 133 cm³/mol. The van der Waals surface area contributed by atoms with E-state index in [1.54, 1.807) is 12.1 Å². The normalized spacial score (nSPS) is 17.1. The van der Waals surface area contributed by atoms with Gasteiger partial charge in [-0.1, -0.05) is 11.6 Å². The molecule has 0 radical (unpaired) electrons. The van der Waals surface area contributed by atoms with Crippen molar-refractivity contribution in [2.24, 2.45) is 9.39 Å². The molecule has 3 heterocycles. The number of aliphatic imine (C=N–C) groups is 1. The molecule has 1 amide bonds. The minimum absolute atomic E-state index is 0.0376. The van der Waals surface area contributed by atoms with Crippen molar-refractivity contribution in [3.63, 3.8) is 0 Å². The van der Waals surface area contributed by atoms with Gasteiger partial charge < -0.3 is 14.0 Å². The Bertz CT molecular complexity index is 1460. The molecule has 1 N–H and O–H groups in total. The van der Waals surface area contributed by atoms with E-state index in [0.29, 0.717) is 27.8 Å². The highest BCUT2D eigenvalue weighted by molar-refractivity contribution is 8.16. The molecular weight excluding hydrogens is 502 g/mol. The van der Waals surface area contributed by atoms with Gasteiger partial charge in [-0.25, -0.2) is 13.3 Å². The molecule has 2 aromatic rings. The van der Waals surface area contributed by atoms with Gasteiger partial charge in [0.25, 0.3) is 5.91 Å². The average molecular weight is 522 g/mol. The molecule has 13 heteroatoms. The van der Waals surface area contributed by atoms with Crippen LogP contribution in [0, 0.1) is 19.3 Å². The Balaban J connectivity index is 1.82. The summed E-state index contributed by atoms with van der Waals surface area (Å²) in [4.78, 5) is 17.7. The Labute approximate surface area is 205 Å². The van der Waals surface area contributed by atoms with Crippen LogP contribution in [0.15, 0.2) is 33.2 Å². The van der Waals surface area contributed by atoms with Gasteiger partial charge in [0.05, 0.1) is 42.5 Å². The largest absolute Gasteiger partial charge is 0.495 e. The zero-order valence-corrected chi connectivity index (χ0v) is 21.2. The van der Waals surface area contributed by atoms with Crippen LogP contribution in [0.4, 0.5) is 0 Å². The first-order valence-electron chi connectivity index (χ1n) is 9.77. The second kappa shape index (κ2) is 8.60. The number of benzene rings is 1. The van der Waals surface area contributed by atoms with Gasteiger partial charge in [0.1, 0.15) is 17.3 Å². The van der Waals surface area contributed by atoms with E-state index >= 15 is 0 Å². The molecule has 1 aromatic heterocycles. The second-order valence-corrected chi connectivity index (χ2v) is 10.5. The number of nitrogens with zero attached hydrogens (tertiary/aromatic N) is 4. The van der Waals surface area contributed by atoms with Crippen molar-refractivity contribution in [1.29, 1.82) is 5.41 Å². The summed E-state index contributed by atoms with van der Waals surface area (Å²) in [5.74, 6) is 0.0394. The lowest BCUT2D eigenvalue weighted by Gasteiger charge is -2.23. The average Bonchev–Trinajstić information content (AvgIpc) is 3.31. The second-order valence-electron chi connectivity index (χ2n) is 7.50. The number of hydrogen-bond donors (Lipinski definition) is 1. The minimum atomic E-state index is -3.73. The lowest BCUT2D eigenvalue weighted by atomic mass is 10.1. The Morgan fingerprint density at radius 1 is 1.15 bits per heavy atom. The van der Waals surface area contributed by atoms with Crippen molar-refractivity contribution in [1.82, 2.24) is 9.47 Å². The van der Waals surface area contributed by atoms with Gasteiger partial charge in [-0.05, 0) is 37.6 Å². The van der Waals surface area contributed by atoms with Crippen molar-refractivity contribution >= 4 is 61.5 Å². The number of ether oxygens (including phenoxy) is 2. The van der Waals surface area contributed by atoms with E-state index in [4.69, 9.17) is 26.5 Å². The van der Waals surface area contributed by atoms with Crippen molar-refractivity contribution in [2.45, 2.75) is 13.8 Å². The van der Waals surface area contributed by atoms with Gasteiger partial charge in [0.15, 0.2) is 0 Å². The molecule has 2 aliphatic rings. The number of aryl methyl sites for hydroxylation is 1. The van der Waals surface area contributed by atoms with Crippen molar-refractivity contribution < 1.29 is 22.7 Å². The van der Waals surface area contributed by atoms with E-state index in [1.165, 1.54) is 20.3 Å². The number of carbonyl (C=O) groups excluding carboxylic acids is 1. The number of methoxy groups -OCH3 is 2. The summed E-state index contributed by atoms with van der Waals surface area (Å²) in [6, 6.07) is 5.24. The van der Waals surface area contributed by atoms with Crippen molar-refractivity contribution in [3.8, 4) is 17.2 Å². The Kier molecular flexibility index (Phi) is 6.08. The molecule has 4 rings (SSSR count). The minimum Gasteiger partial charge on any atom is -0.495 e. The van der Waals surface area contributed by atoms with Crippen LogP contribution >= 0.6 is 23.5 Å². The van der Waals surface area contributed by atoms with Crippen LogP contribution in [0.25, 0.3) is 11.8 Å². The van der Waals surface area contributed by atoms with Gasteiger partial charge in [0, 0.05) is 23.7 Å². The summed E-state index contributed by atoms with van der Waals surface area (Å²) in [5.41, 5.74) is 2.82. The van der Waals surface area contributed by atoms with E-state index in [9.17, 15) is 13.2 Å².